The molecule has 0 radical (unpaired) electrons. The van der Waals surface area contributed by atoms with Crippen LogP contribution in [0.15, 0.2) is 87.3 Å². The Bertz CT molecular complexity index is 1100. The van der Waals surface area contributed by atoms with Crippen molar-refractivity contribution in [1.29, 1.82) is 5.26 Å². The Morgan fingerprint density at radius 2 is 1.56 bits per heavy atom. The molecule has 0 saturated heterocycles. The second-order valence-corrected chi connectivity index (χ2v) is 8.81. The highest BCUT2D eigenvalue weighted by Crippen LogP contribution is 2.36. The number of ether oxygens (including phenoxy) is 1. The molecule has 3 aromatic rings. The predicted octanol–water partition coefficient (Wildman–Crippen LogP) is 6.45. The van der Waals surface area contributed by atoms with Gasteiger partial charge in [0.15, 0.2) is 0 Å². The number of amides is 1. The summed E-state index contributed by atoms with van der Waals surface area (Å²) in [5.41, 5.74) is 3.06. The zero-order valence-electron chi connectivity index (χ0n) is 17.4. The number of carbonyl (C=O) groups excluding carboxylic acids is 1. The lowest BCUT2D eigenvalue weighted by molar-refractivity contribution is -0.117. The summed E-state index contributed by atoms with van der Waals surface area (Å²) >= 11 is 7.05. The highest BCUT2D eigenvalue weighted by molar-refractivity contribution is 9.11. The highest BCUT2D eigenvalue weighted by Gasteiger charge is 2.12. The number of rotatable bonds is 9. The molecule has 0 aliphatic heterocycles. The van der Waals surface area contributed by atoms with Gasteiger partial charge in [0.25, 0.3) is 5.91 Å². The molecule has 0 unspecified atom stereocenters. The van der Waals surface area contributed by atoms with Crippen molar-refractivity contribution < 1.29 is 9.53 Å². The van der Waals surface area contributed by atoms with Crippen LogP contribution in [0, 0.1) is 11.3 Å². The minimum Gasteiger partial charge on any atom is -0.487 e. The molecule has 4 nitrogen and oxygen atoms in total. The molecule has 3 rings (SSSR count). The Kier molecular flexibility index (Phi) is 9.09. The molecule has 0 bridgehead atoms. The Morgan fingerprint density at radius 1 is 0.969 bits per heavy atom. The SMILES string of the molecule is N#C/C(=C/c1cc(Br)c(OCc2ccccc2)c(Br)c1)C(=O)NCCCc1ccccc1. The number of aryl methyl sites for hydroxylation is 1. The zero-order valence-corrected chi connectivity index (χ0v) is 20.5. The number of nitriles is 1. The van der Waals surface area contributed by atoms with E-state index in [1.165, 1.54) is 5.56 Å². The van der Waals surface area contributed by atoms with E-state index in [-0.39, 0.29) is 11.5 Å². The quantitative estimate of drug-likeness (QED) is 0.188. The van der Waals surface area contributed by atoms with Crippen molar-refractivity contribution in [3.05, 3.63) is 104 Å². The maximum absolute atomic E-state index is 12.4. The number of carbonyl (C=O) groups is 1. The average Bonchev–Trinajstić information content (AvgIpc) is 2.81. The van der Waals surface area contributed by atoms with Crippen LogP contribution >= 0.6 is 31.9 Å². The molecule has 162 valence electrons. The van der Waals surface area contributed by atoms with Gasteiger partial charge in [-0.1, -0.05) is 60.7 Å². The third kappa shape index (κ3) is 7.08. The van der Waals surface area contributed by atoms with Crippen LogP contribution in [-0.2, 0) is 17.8 Å². The minimum atomic E-state index is -0.378. The average molecular weight is 554 g/mol. The molecule has 32 heavy (non-hydrogen) atoms. The Labute approximate surface area is 205 Å². The van der Waals surface area contributed by atoms with Gasteiger partial charge in [0.2, 0.25) is 0 Å². The van der Waals surface area contributed by atoms with Gasteiger partial charge in [-0.3, -0.25) is 4.79 Å². The van der Waals surface area contributed by atoms with Gasteiger partial charge in [-0.25, -0.2) is 0 Å². The lowest BCUT2D eigenvalue weighted by atomic mass is 10.1. The van der Waals surface area contributed by atoms with Crippen LogP contribution in [0.2, 0.25) is 0 Å². The van der Waals surface area contributed by atoms with Crippen LogP contribution in [0.3, 0.4) is 0 Å². The summed E-state index contributed by atoms with van der Waals surface area (Å²) < 4.78 is 7.39. The van der Waals surface area contributed by atoms with Crippen LogP contribution in [0.5, 0.6) is 5.75 Å². The van der Waals surface area contributed by atoms with E-state index >= 15 is 0 Å². The summed E-state index contributed by atoms with van der Waals surface area (Å²) in [6.45, 7) is 0.939. The van der Waals surface area contributed by atoms with E-state index in [1.807, 2.05) is 66.7 Å². The van der Waals surface area contributed by atoms with Crippen molar-refractivity contribution in [2.75, 3.05) is 6.54 Å². The Balaban J connectivity index is 1.60. The van der Waals surface area contributed by atoms with E-state index in [0.29, 0.717) is 24.5 Å². The number of halogens is 2. The summed E-state index contributed by atoms with van der Waals surface area (Å²) in [4.78, 5) is 12.4. The summed E-state index contributed by atoms with van der Waals surface area (Å²) in [7, 11) is 0. The third-order valence-electron chi connectivity index (χ3n) is 4.69. The topological polar surface area (TPSA) is 62.1 Å². The van der Waals surface area contributed by atoms with Crippen molar-refractivity contribution in [2.24, 2.45) is 0 Å². The van der Waals surface area contributed by atoms with Crippen LogP contribution < -0.4 is 10.1 Å². The molecule has 0 fully saturated rings. The molecule has 0 spiro atoms. The maximum atomic E-state index is 12.4. The molecule has 0 heterocycles. The number of hydrogen-bond acceptors (Lipinski definition) is 3. The van der Waals surface area contributed by atoms with Crippen molar-refractivity contribution in [3.63, 3.8) is 0 Å². The number of benzene rings is 3. The van der Waals surface area contributed by atoms with Gasteiger partial charge in [-0.15, -0.1) is 0 Å². The fraction of sp³-hybridized carbons (Fsp3) is 0.154. The van der Waals surface area contributed by atoms with E-state index < -0.39 is 0 Å². The summed E-state index contributed by atoms with van der Waals surface area (Å²) in [5.74, 6) is 0.284. The first-order chi connectivity index (χ1) is 15.6. The van der Waals surface area contributed by atoms with Gasteiger partial charge in [0.1, 0.15) is 24.0 Å². The normalized spacial score (nSPS) is 11.0. The smallest absolute Gasteiger partial charge is 0.261 e. The molecular weight excluding hydrogens is 532 g/mol. The van der Waals surface area contributed by atoms with Gasteiger partial charge in [0, 0.05) is 6.54 Å². The van der Waals surface area contributed by atoms with Crippen molar-refractivity contribution in [2.45, 2.75) is 19.4 Å². The summed E-state index contributed by atoms with van der Waals surface area (Å²) in [5, 5.41) is 12.3. The van der Waals surface area contributed by atoms with Crippen LogP contribution in [0.4, 0.5) is 0 Å². The lowest BCUT2D eigenvalue weighted by Crippen LogP contribution is -2.25. The fourth-order valence-corrected chi connectivity index (χ4v) is 4.53. The molecular formula is C26H22Br2N2O2. The van der Waals surface area contributed by atoms with E-state index in [1.54, 1.807) is 6.08 Å². The van der Waals surface area contributed by atoms with E-state index in [0.717, 1.165) is 27.4 Å². The number of nitrogens with one attached hydrogen (secondary N) is 1. The first-order valence-corrected chi connectivity index (χ1v) is 11.7. The first-order valence-electron chi connectivity index (χ1n) is 10.2. The standard InChI is InChI=1S/C26H22Br2N2O2/c27-23-15-21(16-24(28)25(23)32-18-20-10-5-2-6-11-20)14-22(17-29)26(31)30-13-7-12-19-8-3-1-4-9-19/h1-6,8-11,14-16H,7,12-13,18H2,(H,30,31)/b22-14-. The minimum absolute atomic E-state index is 0.0569. The second kappa shape index (κ2) is 12.2. The molecule has 0 aliphatic carbocycles. The Hall–Kier alpha value is -2.88. The maximum Gasteiger partial charge on any atom is 0.261 e. The Morgan fingerprint density at radius 3 is 2.16 bits per heavy atom. The summed E-state index contributed by atoms with van der Waals surface area (Å²) in [6, 6.07) is 25.6. The molecule has 3 aromatic carbocycles. The van der Waals surface area contributed by atoms with Gasteiger partial charge in [-0.2, -0.15) is 5.26 Å². The van der Waals surface area contributed by atoms with Crippen molar-refractivity contribution in [1.82, 2.24) is 5.32 Å². The van der Waals surface area contributed by atoms with Gasteiger partial charge >= 0.3 is 0 Å². The summed E-state index contributed by atoms with van der Waals surface area (Å²) in [6.07, 6.45) is 3.25. The third-order valence-corrected chi connectivity index (χ3v) is 5.87. The number of nitrogens with zero attached hydrogens (tertiary/aromatic N) is 1. The van der Waals surface area contributed by atoms with E-state index in [9.17, 15) is 10.1 Å². The predicted molar refractivity (Wildman–Crippen MR) is 134 cm³/mol. The molecule has 0 saturated carbocycles. The van der Waals surface area contributed by atoms with Gasteiger partial charge < -0.3 is 10.1 Å². The molecule has 0 aliphatic rings. The van der Waals surface area contributed by atoms with Gasteiger partial charge in [-0.05, 0) is 79.6 Å². The molecule has 0 atom stereocenters. The van der Waals surface area contributed by atoms with Gasteiger partial charge in [0.05, 0.1) is 8.95 Å². The fourth-order valence-electron chi connectivity index (χ4n) is 3.08. The highest BCUT2D eigenvalue weighted by atomic mass is 79.9. The van der Waals surface area contributed by atoms with Crippen molar-refractivity contribution in [3.8, 4) is 11.8 Å². The second-order valence-electron chi connectivity index (χ2n) is 7.10. The van der Waals surface area contributed by atoms with E-state index in [2.05, 4.69) is 49.3 Å². The molecule has 0 aromatic heterocycles. The van der Waals surface area contributed by atoms with Crippen LogP contribution in [-0.4, -0.2) is 12.5 Å². The molecule has 6 heteroatoms. The number of hydrogen-bond donors (Lipinski definition) is 1. The molecule has 1 amide bonds. The monoisotopic (exact) mass is 552 g/mol. The lowest BCUT2D eigenvalue weighted by Gasteiger charge is -2.12. The van der Waals surface area contributed by atoms with E-state index in [4.69, 9.17) is 4.74 Å². The first kappa shape index (κ1) is 23.8. The van der Waals surface area contributed by atoms with Crippen LogP contribution in [0.25, 0.3) is 6.08 Å². The molecule has 1 N–H and O–H groups in total. The zero-order chi connectivity index (χ0) is 22.8. The van der Waals surface area contributed by atoms with Crippen molar-refractivity contribution >= 4 is 43.8 Å². The van der Waals surface area contributed by atoms with Crippen LogP contribution in [0.1, 0.15) is 23.1 Å². The largest absolute Gasteiger partial charge is 0.487 e.